The third-order valence-electron chi connectivity index (χ3n) is 2.60. The zero-order chi connectivity index (χ0) is 13.2. The number of benzene rings is 2. The quantitative estimate of drug-likeness (QED) is 0.671. The smallest absolute Gasteiger partial charge is 0.272 e. The maximum atomic E-state index is 11.9. The van der Waals surface area contributed by atoms with E-state index in [1.807, 2.05) is 48.5 Å². The molecule has 0 aliphatic rings. The Morgan fingerprint density at radius 3 is 2.42 bits per heavy atom. The minimum Gasteiger partial charge on any atom is -0.816 e. The molecule has 5 nitrogen and oxygen atoms in total. The maximum absolute atomic E-state index is 11.9. The Morgan fingerprint density at radius 2 is 1.68 bits per heavy atom. The molecule has 19 heavy (non-hydrogen) atoms. The Labute approximate surface area is 117 Å². The molecule has 1 aromatic heterocycles. The molecule has 0 atom stereocenters. The number of aromatic nitrogens is 4. The molecular formula is C13H9BrN4O. The molecule has 0 saturated carbocycles. The van der Waals surface area contributed by atoms with Crippen molar-refractivity contribution in [3.05, 3.63) is 59.1 Å². The van der Waals surface area contributed by atoms with Crippen LogP contribution in [0.25, 0.3) is 11.4 Å². The van der Waals surface area contributed by atoms with E-state index in [1.165, 1.54) is 9.48 Å². The first-order valence-corrected chi connectivity index (χ1v) is 6.42. The summed E-state index contributed by atoms with van der Waals surface area (Å²) in [5.74, 6) is 0. The Kier molecular flexibility index (Phi) is 3.00. The normalized spacial score (nSPS) is 10.6. The van der Waals surface area contributed by atoms with E-state index >= 15 is 0 Å². The van der Waals surface area contributed by atoms with Crippen LogP contribution >= 0.6 is 15.9 Å². The van der Waals surface area contributed by atoms with Crippen LogP contribution < -0.4 is 9.79 Å². The van der Waals surface area contributed by atoms with Gasteiger partial charge in [-0.1, -0.05) is 30.3 Å². The van der Waals surface area contributed by atoms with Crippen molar-refractivity contribution < 1.29 is 9.79 Å². The van der Waals surface area contributed by atoms with Crippen molar-refractivity contribution >= 4 is 15.9 Å². The van der Waals surface area contributed by atoms with E-state index in [1.54, 1.807) is 6.07 Å². The van der Waals surface area contributed by atoms with Crippen molar-refractivity contribution in [2.24, 2.45) is 0 Å². The number of rotatable bonds is 2. The van der Waals surface area contributed by atoms with Gasteiger partial charge in [-0.25, -0.2) is 0 Å². The molecule has 0 spiro atoms. The van der Waals surface area contributed by atoms with Crippen molar-refractivity contribution in [1.82, 2.24) is 15.1 Å². The molecule has 0 amide bonds. The van der Waals surface area contributed by atoms with Gasteiger partial charge in [-0.2, -0.15) is 0 Å². The van der Waals surface area contributed by atoms with Gasteiger partial charge in [-0.15, -0.1) is 4.68 Å². The van der Waals surface area contributed by atoms with E-state index in [0.717, 1.165) is 10.2 Å². The first kappa shape index (κ1) is 11.9. The van der Waals surface area contributed by atoms with Crippen LogP contribution in [0.15, 0.2) is 59.1 Å². The van der Waals surface area contributed by atoms with Gasteiger partial charge in [0.15, 0.2) is 5.69 Å². The van der Waals surface area contributed by atoms with Crippen LogP contribution in [0.4, 0.5) is 0 Å². The lowest BCUT2D eigenvalue weighted by molar-refractivity contribution is -0.705. The van der Waals surface area contributed by atoms with Gasteiger partial charge in [0.05, 0.1) is 14.8 Å². The number of para-hydroxylation sites is 2. The fourth-order valence-corrected chi connectivity index (χ4v) is 2.16. The molecule has 0 aliphatic heterocycles. The van der Waals surface area contributed by atoms with Crippen LogP contribution in [0.2, 0.25) is 0 Å². The molecule has 94 valence electrons. The van der Waals surface area contributed by atoms with Crippen LogP contribution in [0.3, 0.4) is 0 Å². The molecule has 3 aromatic rings. The fourth-order valence-electron chi connectivity index (χ4n) is 1.71. The summed E-state index contributed by atoms with van der Waals surface area (Å²) >= 11 is 3.40. The zero-order valence-electron chi connectivity index (χ0n) is 9.77. The highest BCUT2D eigenvalue weighted by molar-refractivity contribution is 9.10. The third-order valence-corrected chi connectivity index (χ3v) is 3.27. The van der Waals surface area contributed by atoms with Crippen molar-refractivity contribution in [2.45, 2.75) is 0 Å². The summed E-state index contributed by atoms with van der Waals surface area (Å²) < 4.78 is 2.05. The highest BCUT2D eigenvalue weighted by Gasteiger charge is 2.16. The maximum Gasteiger partial charge on any atom is 0.272 e. The van der Waals surface area contributed by atoms with E-state index in [-0.39, 0.29) is 0 Å². The second-order valence-electron chi connectivity index (χ2n) is 3.86. The highest BCUT2D eigenvalue weighted by Crippen LogP contribution is 2.16. The molecule has 0 N–H and O–H groups in total. The first-order chi connectivity index (χ1) is 9.25. The number of hydrogen-bond acceptors (Lipinski definition) is 3. The topological polar surface area (TPSA) is 57.7 Å². The van der Waals surface area contributed by atoms with Gasteiger partial charge in [0, 0.05) is 4.80 Å². The Hall–Kier alpha value is -2.21. The highest BCUT2D eigenvalue weighted by atomic mass is 79.9. The van der Waals surface area contributed by atoms with Gasteiger partial charge < -0.3 is 5.11 Å². The predicted octanol–water partition coefficient (Wildman–Crippen LogP) is 1.38. The Balaban J connectivity index is 2.11. The van der Waals surface area contributed by atoms with Crippen LogP contribution in [0, 0.1) is 0 Å². The van der Waals surface area contributed by atoms with Crippen LogP contribution in [-0.4, -0.2) is 15.1 Å². The third kappa shape index (κ3) is 2.22. The largest absolute Gasteiger partial charge is 0.816 e. The lowest BCUT2D eigenvalue weighted by Crippen LogP contribution is -2.37. The molecule has 6 heteroatoms. The van der Waals surface area contributed by atoms with Crippen molar-refractivity contribution in [3.8, 4) is 17.4 Å². The summed E-state index contributed by atoms with van der Waals surface area (Å²) in [6.07, 6.45) is 0. The lowest BCUT2D eigenvalue weighted by atomic mass is 10.3. The molecule has 3 rings (SSSR count). The molecule has 0 aliphatic carbocycles. The summed E-state index contributed by atoms with van der Waals surface area (Å²) in [5, 5.41) is 20.0. The minimum atomic E-state index is -0.421. The van der Waals surface area contributed by atoms with Gasteiger partial charge in [0.2, 0.25) is 0 Å². The van der Waals surface area contributed by atoms with Gasteiger partial charge in [-0.05, 0) is 40.2 Å². The van der Waals surface area contributed by atoms with Gasteiger partial charge >= 0.3 is 0 Å². The lowest BCUT2D eigenvalue weighted by Gasteiger charge is -2.00. The summed E-state index contributed by atoms with van der Waals surface area (Å²) in [4.78, 5) is 1.32. The van der Waals surface area contributed by atoms with E-state index < -0.39 is 6.01 Å². The predicted molar refractivity (Wildman–Crippen MR) is 70.0 cm³/mol. The first-order valence-electron chi connectivity index (χ1n) is 5.63. The van der Waals surface area contributed by atoms with Crippen molar-refractivity contribution in [3.63, 3.8) is 0 Å². The summed E-state index contributed by atoms with van der Waals surface area (Å²) in [6, 6.07) is 16.3. The van der Waals surface area contributed by atoms with Gasteiger partial charge in [0.25, 0.3) is 6.01 Å². The molecule has 2 aromatic carbocycles. The van der Waals surface area contributed by atoms with E-state index in [9.17, 15) is 5.11 Å². The summed E-state index contributed by atoms with van der Waals surface area (Å²) in [7, 11) is 0. The second-order valence-corrected chi connectivity index (χ2v) is 4.71. The minimum absolute atomic E-state index is 0.421. The zero-order valence-corrected chi connectivity index (χ0v) is 11.4. The van der Waals surface area contributed by atoms with Crippen molar-refractivity contribution in [2.75, 3.05) is 0 Å². The number of halogens is 1. The number of nitrogens with zero attached hydrogens (tertiary/aromatic N) is 4. The molecule has 0 saturated heterocycles. The second kappa shape index (κ2) is 4.81. The molecule has 0 bridgehead atoms. The van der Waals surface area contributed by atoms with E-state index in [2.05, 4.69) is 26.2 Å². The molecular weight excluding hydrogens is 308 g/mol. The molecule has 0 fully saturated rings. The Bertz CT molecular complexity index is 712. The standard InChI is InChI=1S/C13H9BrN4O/c14-11-8-4-5-9-12(11)17-13(19)15-18(16-17)10-6-2-1-3-7-10/h1-9H. The van der Waals surface area contributed by atoms with Crippen LogP contribution in [0.1, 0.15) is 0 Å². The summed E-state index contributed by atoms with van der Waals surface area (Å²) in [6.45, 7) is 0. The summed E-state index contributed by atoms with van der Waals surface area (Å²) in [5.41, 5.74) is 1.40. The van der Waals surface area contributed by atoms with Gasteiger partial charge in [0.1, 0.15) is 5.69 Å². The van der Waals surface area contributed by atoms with Crippen LogP contribution in [-0.2, 0) is 0 Å². The van der Waals surface area contributed by atoms with Gasteiger partial charge in [-0.3, -0.25) is 0 Å². The molecule has 0 unspecified atom stereocenters. The SMILES string of the molecule is [O-]c1nn(-c2ccccc2)n[n+]1-c1ccccc1Br. The molecule has 1 heterocycles. The number of tetrazole rings is 1. The average Bonchev–Trinajstić information content (AvgIpc) is 2.82. The fraction of sp³-hybridized carbons (Fsp3) is 0. The Morgan fingerprint density at radius 1 is 1.00 bits per heavy atom. The van der Waals surface area contributed by atoms with Crippen molar-refractivity contribution in [1.29, 1.82) is 0 Å². The van der Waals surface area contributed by atoms with E-state index in [4.69, 9.17) is 0 Å². The monoisotopic (exact) mass is 316 g/mol. The molecule has 0 radical (unpaired) electrons. The number of hydrogen-bond donors (Lipinski definition) is 0. The average molecular weight is 317 g/mol. The van der Waals surface area contributed by atoms with E-state index in [0.29, 0.717) is 5.69 Å². The van der Waals surface area contributed by atoms with Crippen LogP contribution in [0.5, 0.6) is 6.01 Å².